The van der Waals surface area contributed by atoms with Crippen LogP contribution in [0.1, 0.15) is 23.0 Å². The third kappa shape index (κ3) is 2.51. The first-order chi connectivity index (χ1) is 9.19. The molecule has 5 heteroatoms. The molecule has 0 saturated carbocycles. The minimum Gasteiger partial charge on any atom is -0.461 e. The van der Waals surface area contributed by atoms with E-state index in [1.54, 1.807) is 31.2 Å². The van der Waals surface area contributed by atoms with Gasteiger partial charge in [-0.15, -0.1) is 0 Å². The van der Waals surface area contributed by atoms with Crippen LogP contribution in [0.25, 0.3) is 10.9 Å². The molecule has 2 aromatic rings. The maximum absolute atomic E-state index is 12.3. The SMILES string of the molecule is CCOC(=O)c1[nH]c2ccccc2c(=O)c1COC. The van der Waals surface area contributed by atoms with Crippen LogP contribution in [0.3, 0.4) is 0 Å². The minimum absolute atomic E-state index is 0.0638. The molecule has 0 bridgehead atoms. The molecule has 0 amide bonds. The van der Waals surface area contributed by atoms with Gasteiger partial charge in [0.05, 0.1) is 18.8 Å². The number of aromatic nitrogens is 1. The van der Waals surface area contributed by atoms with Crippen LogP contribution in [-0.2, 0) is 16.1 Å². The van der Waals surface area contributed by atoms with Gasteiger partial charge in [0.25, 0.3) is 0 Å². The Hall–Kier alpha value is -2.14. The Bertz CT molecular complexity index is 660. The van der Waals surface area contributed by atoms with Crippen molar-refractivity contribution in [3.63, 3.8) is 0 Å². The molecular weight excluding hydrogens is 246 g/mol. The fraction of sp³-hybridized carbons (Fsp3) is 0.286. The number of H-pyrrole nitrogens is 1. The smallest absolute Gasteiger partial charge is 0.355 e. The third-order valence-corrected chi connectivity index (χ3v) is 2.78. The summed E-state index contributed by atoms with van der Waals surface area (Å²) in [6.07, 6.45) is 0. The normalized spacial score (nSPS) is 10.6. The van der Waals surface area contributed by atoms with Gasteiger partial charge in [-0.2, -0.15) is 0 Å². The Kier molecular flexibility index (Phi) is 3.97. The first-order valence-corrected chi connectivity index (χ1v) is 5.99. The van der Waals surface area contributed by atoms with Gasteiger partial charge in [-0.25, -0.2) is 4.79 Å². The average Bonchev–Trinajstić information content (AvgIpc) is 2.42. The zero-order valence-corrected chi connectivity index (χ0v) is 10.9. The van der Waals surface area contributed by atoms with Crippen LogP contribution in [0.4, 0.5) is 0 Å². The molecule has 0 aliphatic carbocycles. The molecule has 1 aromatic heterocycles. The number of hydrogen-bond donors (Lipinski definition) is 1. The highest BCUT2D eigenvalue weighted by atomic mass is 16.5. The summed E-state index contributed by atoms with van der Waals surface area (Å²) >= 11 is 0. The van der Waals surface area contributed by atoms with Gasteiger partial charge in [0.1, 0.15) is 5.69 Å². The van der Waals surface area contributed by atoms with Crippen LogP contribution in [0.5, 0.6) is 0 Å². The van der Waals surface area contributed by atoms with Crippen molar-refractivity contribution in [1.82, 2.24) is 4.98 Å². The summed E-state index contributed by atoms with van der Waals surface area (Å²) < 4.78 is 9.95. The molecule has 0 aliphatic heterocycles. The lowest BCUT2D eigenvalue weighted by Gasteiger charge is -2.09. The van der Waals surface area contributed by atoms with E-state index in [1.807, 2.05) is 0 Å². The molecular formula is C14H15NO4. The van der Waals surface area contributed by atoms with Crippen molar-refractivity contribution < 1.29 is 14.3 Å². The lowest BCUT2D eigenvalue weighted by molar-refractivity contribution is 0.0514. The Labute approximate surface area is 110 Å². The zero-order chi connectivity index (χ0) is 13.8. The van der Waals surface area contributed by atoms with Crippen molar-refractivity contribution in [2.75, 3.05) is 13.7 Å². The lowest BCUT2D eigenvalue weighted by atomic mass is 10.1. The summed E-state index contributed by atoms with van der Waals surface area (Å²) in [4.78, 5) is 27.2. The standard InChI is InChI=1S/C14H15NO4/c1-3-19-14(17)12-10(8-18-2)13(16)9-6-4-5-7-11(9)15-12/h4-7H,3,8H2,1-2H3,(H,15,16). The molecule has 100 valence electrons. The first-order valence-electron chi connectivity index (χ1n) is 5.99. The van der Waals surface area contributed by atoms with Gasteiger partial charge in [0.15, 0.2) is 5.43 Å². The van der Waals surface area contributed by atoms with Crippen molar-refractivity contribution in [3.8, 4) is 0 Å². The minimum atomic E-state index is -0.544. The monoisotopic (exact) mass is 261 g/mol. The maximum atomic E-state index is 12.3. The van der Waals surface area contributed by atoms with E-state index < -0.39 is 5.97 Å². The number of carbonyl (C=O) groups is 1. The van der Waals surface area contributed by atoms with Gasteiger partial charge in [-0.3, -0.25) is 4.79 Å². The van der Waals surface area contributed by atoms with Crippen molar-refractivity contribution in [3.05, 3.63) is 45.7 Å². The van der Waals surface area contributed by atoms with Crippen LogP contribution >= 0.6 is 0 Å². The van der Waals surface area contributed by atoms with E-state index in [1.165, 1.54) is 7.11 Å². The predicted molar refractivity (Wildman–Crippen MR) is 71.2 cm³/mol. The van der Waals surface area contributed by atoms with Crippen LogP contribution in [0, 0.1) is 0 Å². The summed E-state index contributed by atoms with van der Waals surface area (Å²) in [5.41, 5.74) is 0.849. The Morgan fingerprint density at radius 3 is 2.74 bits per heavy atom. The van der Waals surface area contributed by atoms with Crippen LogP contribution in [-0.4, -0.2) is 24.7 Å². The van der Waals surface area contributed by atoms with Crippen molar-refractivity contribution in [1.29, 1.82) is 0 Å². The maximum Gasteiger partial charge on any atom is 0.355 e. The second-order valence-electron chi connectivity index (χ2n) is 4.01. The molecule has 0 radical (unpaired) electrons. The Morgan fingerprint density at radius 1 is 1.32 bits per heavy atom. The molecule has 0 fully saturated rings. The summed E-state index contributed by atoms with van der Waals surface area (Å²) in [7, 11) is 1.48. The van der Waals surface area contributed by atoms with Gasteiger partial charge in [-0.05, 0) is 19.1 Å². The fourth-order valence-electron chi connectivity index (χ4n) is 1.94. The molecule has 0 atom stereocenters. The molecule has 0 spiro atoms. The number of esters is 1. The highest BCUT2D eigenvalue weighted by molar-refractivity contribution is 5.92. The lowest BCUT2D eigenvalue weighted by Crippen LogP contribution is -2.20. The van der Waals surface area contributed by atoms with Gasteiger partial charge in [-0.1, -0.05) is 12.1 Å². The van der Waals surface area contributed by atoms with E-state index in [2.05, 4.69) is 4.98 Å². The Morgan fingerprint density at radius 2 is 2.05 bits per heavy atom. The number of carbonyl (C=O) groups excluding carboxylic acids is 1. The van der Waals surface area contributed by atoms with Gasteiger partial charge in [0, 0.05) is 18.0 Å². The second-order valence-corrected chi connectivity index (χ2v) is 4.01. The highest BCUT2D eigenvalue weighted by Gasteiger charge is 2.18. The molecule has 0 unspecified atom stereocenters. The third-order valence-electron chi connectivity index (χ3n) is 2.78. The number of hydrogen-bond acceptors (Lipinski definition) is 4. The van der Waals surface area contributed by atoms with Crippen LogP contribution < -0.4 is 5.43 Å². The van der Waals surface area contributed by atoms with E-state index >= 15 is 0 Å². The molecule has 5 nitrogen and oxygen atoms in total. The number of para-hydroxylation sites is 1. The zero-order valence-electron chi connectivity index (χ0n) is 10.9. The number of fused-ring (bicyclic) bond motifs is 1. The fourth-order valence-corrected chi connectivity index (χ4v) is 1.94. The van der Waals surface area contributed by atoms with Crippen LogP contribution in [0.2, 0.25) is 0 Å². The van der Waals surface area contributed by atoms with Crippen LogP contribution in [0.15, 0.2) is 29.1 Å². The largest absolute Gasteiger partial charge is 0.461 e. The number of rotatable bonds is 4. The molecule has 1 N–H and O–H groups in total. The van der Waals surface area contributed by atoms with Gasteiger partial charge < -0.3 is 14.5 Å². The highest BCUT2D eigenvalue weighted by Crippen LogP contribution is 2.13. The summed E-state index contributed by atoms with van der Waals surface area (Å²) in [5.74, 6) is -0.544. The number of nitrogens with one attached hydrogen (secondary N) is 1. The number of methoxy groups -OCH3 is 1. The van der Waals surface area contributed by atoms with Crippen molar-refractivity contribution in [2.24, 2.45) is 0 Å². The first kappa shape index (κ1) is 13.3. The number of aromatic amines is 1. The predicted octanol–water partition coefficient (Wildman–Crippen LogP) is 1.85. The number of ether oxygens (including phenoxy) is 2. The van der Waals surface area contributed by atoms with E-state index in [-0.39, 0.29) is 24.3 Å². The quantitative estimate of drug-likeness (QED) is 0.853. The van der Waals surface area contributed by atoms with Gasteiger partial charge >= 0.3 is 5.97 Å². The summed E-state index contributed by atoms with van der Waals surface area (Å²) in [5, 5.41) is 0.530. The molecule has 0 aliphatic rings. The molecule has 1 heterocycles. The van der Waals surface area contributed by atoms with Gasteiger partial charge in [0.2, 0.25) is 0 Å². The Balaban J connectivity index is 2.70. The van der Waals surface area contributed by atoms with E-state index in [9.17, 15) is 9.59 Å². The van der Waals surface area contributed by atoms with Crippen molar-refractivity contribution in [2.45, 2.75) is 13.5 Å². The topological polar surface area (TPSA) is 68.4 Å². The second kappa shape index (κ2) is 5.67. The summed E-state index contributed by atoms with van der Waals surface area (Å²) in [6.45, 7) is 2.03. The van der Waals surface area contributed by atoms with Crippen molar-refractivity contribution >= 4 is 16.9 Å². The molecule has 2 rings (SSSR count). The van der Waals surface area contributed by atoms with E-state index in [4.69, 9.17) is 9.47 Å². The molecule has 0 saturated heterocycles. The van der Waals surface area contributed by atoms with E-state index in [0.717, 1.165) is 0 Å². The summed E-state index contributed by atoms with van der Waals surface area (Å²) in [6, 6.07) is 7.03. The molecule has 19 heavy (non-hydrogen) atoms. The number of benzene rings is 1. The van der Waals surface area contributed by atoms with E-state index in [0.29, 0.717) is 16.5 Å². The molecule has 1 aromatic carbocycles. The average molecular weight is 261 g/mol. The number of pyridine rings is 1.